The van der Waals surface area contributed by atoms with E-state index < -0.39 is 0 Å². The van der Waals surface area contributed by atoms with Crippen LogP contribution in [0.5, 0.6) is 11.5 Å². The minimum absolute atomic E-state index is 0.0287. The first-order chi connectivity index (χ1) is 9.60. The maximum absolute atomic E-state index is 12.0. The van der Waals surface area contributed by atoms with Gasteiger partial charge in [0.1, 0.15) is 17.3 Å². The minimum atomic E-state index is -0.0970. The van der Waals surface area contributed by atoms with Crippen LogP contribution in [-0.2, 0) is 9.59 Å². The monoisotopic (exact) mass is 341 g/mol. The summed E-state index contributed by atoms with van der Waals surface area (Å²) < 4.78 is 11.3. The summed E-state index contributed by atoms with van der Waals surface area (Å²) in [6.45, 7) is 0.953. The van der Waals surface area contributed by atoms with Gasteiger partial charge in [0.15, 0.2) is 6.61 Å². The summed E-state index contributed by atoms with van der Waals surface area (Å²) in [5.41, 5.74) is 0. The van der Waals surface area contributed by atoms with Crippen LogP contribution in [0.4, 0.5) is 0 Å². The van der Waals surface area contributed by atoms with Crippen LogP contribution >= 0.6 is 15.9 Å². The van der Waals surface area contributed by atoms with Gasteiger partial charge in [-0.05, 0) is 34.1 Å². The van der Waals surface area contributed by atoms with E-state index in [-0.39, 0.29) is 18.3 Å². The Morgan fingerprint density at radius 1 is 1.35 bits per heavy atom. The molecule has 0 aliphatic carbocycles. The standard InChI is InChI=1S/C14H16BrNO4/c1-19-11-2-3-13(12(15)8-11)20-9-14(18)16-6-4-10(17)5-7-16/h2-3,8H,4-7,9H2,1H3. The molecule has 0 aromatic heterocycles. The van der Waals surface area contributed by atoms with Crippen molar-refractivity contribution in [2.45, 2.75) is 12.8 Å². The molecule has 0 saturated carbocycles. The Labute approximate surface area is 126 Å². The van der Waals surface area contributed by atoms with Gasteiger partial charge in [0.05, 0.1) is 11.6 Å². The van der Waals surface area contributed by atoms with Crippen LogP contribution in [-0.4, -0.2) is 43.4 Å². The van der Waals surface area contributed by atoms with Crippen LogP contribution < -0.4 is 9.47 Å². The normalized spacial score (nSPS) is 15.1. The van der Waals surface area contributed by atoms with Crippen molar-refractivity contribution >= 4 is 27.6 Å². The molecule has 1 fully saturated rings. The maximum Gasteiger partial charge on any atom is 0.260 e. The summed E-state index contributed by atoms with van der Waals surface area (Å²) in [4.78, 5) is 24.8. The lowest BCUT2D eigenvalue weighted by Gasteiger charge is -2.26. The molecule has 0 spiro atoms. The van der Waals surface area contributed by atoms with Gasteiger partial charge in [-0.3, -0.25) is 9.59 Å². The third kappa shape index (κ3) is 3.72. The lowest BCUT2D eigenvalue weighted by atomic mass is 10.1. The van der Waals surface area contributed by atoms with Crippen molar-refractivity contribution in [2.24, 2.45) is 0 Å². The molecule has 108 valence electrons. The molecule has 0 bridgehead atoms. The fraction of sp³-hybridized carbons (Fsp3) is 0.429. The molecule has 1 heterocycles. The van der Waals surface area contributed by atoms with Gasteiger partial charge in [-0.2, -0.15) is 0 Å². The molecule has 20 heavy (non-hydrogen) atoms. The molecule has 1 saturated heterocycles. The predicted molar refractivity (Wildman–Crippen MR) is 77.0 cm³/mol. The highest BCUT2D eigenvalue weighted by molar-refractivity contribution is 9.10. The van der Waals surface area contributed by atoms with Crippen molar-refractivity contribution in [3.8, 4) is 11.5 Å². The van der Waals surface area contributed by atoms with E-state index in [1.54, 1.807) is 30.2 Å². The number of carbonyl (C=O) groups excluding carboxylic acids is 2. The molecule has 2 rings (SSSR count). The molecule has 0 atom stereocenters. The Hall–Kier alpha value is -1.56. The third-order valence-corrected chi connectivity index (χ3v) is 3.78. The zero-order valence-electron chi connectivity index (χ0n) is 11.2. The molecule has 5 nitrogen and oxygen atoms in total. The van der Waals surface area contributed by atoms with Crippen LogP contribution in [0.25, 0.3) is 0 Å². The van der Waals surface area contributed by atoms with Gasteiger partial charge in [0.25, 0.3) is 5.91 Å². The summed E-state index contributed by atoms with van der Waals surface area (Å²) in [5, 5.41) is 0. The number of halogens is 1. The van der Waals surface area contributed by atoms with Crippen molar-refractivity contribution in [2.75, 3.05) is 26.8 Å². The molecule has 1 amide bonds. The Balaban J connectivity index is 1.88. The van der Waals surface area contributed by atoms with Gasteiger partial charge in [0.2, 0.25) is 0 Å². The quantitative estimate of drug-likeness (QED) is 0.840. The molecule has 0 radical (unpaired) electrons. The topological polar surface area (TPSA) is 55.8 Å². The van der Waals surface area contributed by atoms with Crippen molar-refractivity contribution in [1.29, 1.82) is 0 Å². The summed E-state index contributed by atoms with van der Waals surface area (Å²) in [6, 6.07) is 5.29. The molecular weight excluding hydrogens is 326 g/mol. The number of rotatable bonds is 4. The number of ether oxygens (including phenoxy) is 2. The molecule has 1 aromatic carbocycles. The number of Topliss-reactive ketones (excluding diaryl/α,β-unsaturated/α-hetero) is 1. The number of ketones is 1. The van der Waals surface area contributed by atoms with E-state index in [0.717, 1.165) is 4.47 Å². The Kier molecular flexibility index (Phi) is 5.00. The highest BCUT2D eigenvalue weighted by Gasteiger charge is 2.21. The summed E-state index contributed by atoms with van der Waals surface area (Å²) >= 11 is 3.37. The van der Waals surface area contributed by atoms with Crippen LogP contribution in [0, 0.1) is 0 Å². The maximum atomic E-state index is 12.0. The smallest absolute Gasteiger partial charge is 0.260 e. The first-order valence-electron chi connectivity index (χ1n) is 6.36. The zero-order valence-corrected chi connectivity index (χ0v) is 12.8. The van der Waals surface area contributed by atoms with E-state index in [1.165, 1.54) is 0 Å². The molecule has 1 aliphatic heterocycles. The third-order valence-electron chi connectivity index (χ3n) is 3.16. The molecule has 0 unspecified atom stereocenters. The van der Waals surface area contributed by atoms with Gasteiger partial charge >= 0.3 is 0 Å². The second-order valence-corrected chi connectivity index (χ2v) is 5.36. The molecular formula is C14H16BrNO4. The van der Waals surface area contributed by atoms with Crippen molar-refractivity contribution in [1.82, 2.24) is 4.90 Å². The number of carbonyl (C=O) groups is 2. The fourth-order valence-electron chi connectivity index (χ4n) is 1.96. The van der Waals surface area contributed by atoms with E-state index in [0.29, 0.717) is 37.4 Å². The molecule has 1 aliphatic rings. The van der Waals surface area contributed by atoms with Gasteiger partial charge in [-0.25, -0.2) is 0 Å². The van der Waals surface area contributed by atoms with Gasteiger partial charge in [-0.15, -0.1) is 0 Å². The number of methoxy groups -OCH3 is 1. The average Bonchev–Trinajstić information content (AvgIpc) is 2.46. The summed E-state index contributed by atoms with van der Waals surface area (Å²) in [5.74, 6) is 1.42. The number of benzene rings is 1. The summed E-state index contributed by atoms with van der Waals surface area (Å²) in [7, 11) is 1.59. The number of hydrogen-bond donors (Lipinski definition) is 0. The fourth-order valence-corrected chi connectivity index (χ4v) is 2.43. The van der Waals surface area contributed by atoms with Crippen molar-refractivity contribution < 1.29 is 19.1 Å². The van der Waals surface area contributed by atoms with E-state index in [4.69, 9.17) is 9.47 Å². The predicted octanol–water partition coefficient (Wildman–Crippen LogP) is 2.03. The highest BCUT2D eigenvalue weighted by atomic mass is 79.9. The number of piperidine rings is 1. The van der Waals surface area contributed by atoms with E-state index in [2.05, 4.69) is 15.9 Å². The van der Waals surface area contributed by atoms with E-state index in [1.807, 2.05) is 0 Å². The molecule has 1 aromatic rings. The van der Waals surface area contributed by atoms with E-state index in [9.17, 15) is 9.59 Å². The second-order valence-electron chi connectivity index (χ2n) is 4.50. The Morgan fingerprint density at radius 2 is 2.05 bits per heavy atom. The van der Waals surface area contributed by atoms with Crippen LogP contribution in [0.2, 0.25) is 0 Å². The first kappa shape index (κ1) is 14.8. The van der Waals surface area contributed by atoms with Gasteiger partial charge in [-0.1, -0.05) is 0 Å². The van der Waals surface area contributed by atoms with Gasteiger partial charge < -0.3 is 14.4 Å². The minimum Gasteiger partial charge on any atom is -0.497 e. The molecule has 0 N–H and O–H groups in total. The average molecular weight is 342 g/mol. The Morgan fingerprint density at radius 3 is 2.65 bits per heavy atom. The molecule has 6 heteroatoms. The van der Waals surface area contributed by atoms with Crippen LogP contribution in [0.3, 0.4) is 0 Å². The first-order valence-corrected chi connectivity index (χ1v) is 7.15. The second kappa shape index (κ2) is 6.74. The number of nitrogens with zero attached hydrogens (tertiary/aromatic N) is 1. The lowest BCUT2D eigenvalue weighted by Crippen LogP contribution is -2.41. The van der Waals surface area contributed by atoms with Crippen LogP contribution in [0.1, 0.15) is 12.8 Å². The van der Waals surface area contributed by atoms with Crippen molar-refractivity contribution in [3.63, 3.8) is 0 Å². The number of likely N-dealkylation sites (tertiary alicyclic amines) is 1. The number of amides is 1. The van der Waals surface area contributed by atoms with Gasteiger partial charge in [0, 0.05) is 25.9 Å². The highest BCUT2D eigenvalue weighted by Crippen LogP contribution is 2.29. The largest absolute Gasteiger partial charge is 0.497 e. The van der Waals surface area contributed by atoms with Crippen molar-refractivity contribution in [3.05, 3.63) is 22.7 Å². The lowest BCUT2D eigenvalue weighted by molar-refractivity contribution is -0.136. The zero-order chi connectivity index (χ0) is 14.5. The SMILES string of the molecule is COc1ccc(OCC(=O)N2CCC(=O)CC2)c(Br)c1. The van der Waals surface area contributed by atoms with Crippen LogP contribution in [0.15, 0.2) is 22.7 Å². The Bertz CT molecular complexity index is 508. The number of hydrogen-bond acceptors (Lipinski definition) is 4. The van der Waals surface area contributed by atoms with E-state index >= 15 is 0 Å². The summed E-state index contributed by atoms with van der Waals surface area (Å²) in [6.07, 6.45) is 0.885.